The van der Waals surface area contributed by atoms with E-state index >= 15 is 0 Å². The van der Waals surface area contributed by atoms with Gasteiger partial charge in [0.25, 0.3) is 0 Å². The van der Waals surface area contributed by atoms with Crippen molar-refractivity contribution in [3.8, 4) is 11.5 Å². The minimum atomic E-state index is -3.63. The number of hydrogen-bond donors (Lipinski definition) is 1. The Morgan fingerprint density at radius 2 is 1.94 bits per heavy atom. The van der Waals surface area contributed by atoms with Crippen LogP contribution in [-0.4, -0.2) is 56.5 Å². The van der Waals surface area contributed by atoms with Gasteiger partial charge in [0.2, 0.25) is 15.9 Å². The molecule has 4 rings (SSSR count). The molecule has 1 saturated heterocycles. The maximum absolute atomic E-state index is 13.0. The van der Waals surface area contributed by atoms with Crippen molar-refractivity contribution < 1.29 is 22.7 Å². The zero-order valence-electron chi connectivity index (χ0n) is 18.2. The molecule has 1 N–H and O–H groups in total. The number of thiazole rings is 1. The number of unbranched alkanes of at least 4 members (excludes halogenated alkanes) is 1. The summed E-state index contributed by atoms with van der Waals surface area (Å²) in [5, 5.41) is 6.20. The Bertz CT molecular complexity index is 1050. The van der Waals surface area contributed by atoms with Crippen LogP contribution in [0.1, 0.15) is 36.4 Å². The van der Waals surface area contributed by atoms with Gasteiger partial charge in [0.1, 0.15) is 13.2 Å². The summed E-state index contributed by atoms with van der Waals surface area (Å²) < 4.78 is 38.5. The standard InChI is InChI=1S/C22H29N3O5S2/c1-16-15-31-21(24-16)4-2-3-9-23-22(26)17-7-10-25(11-8-17)32(27,28)18-5-6-19-20(14-18)30-13-12-29-19/h5-6,14-15,17H,2-4,7-13H2,1H3,(H,23,26). The SMILES string of the molecule is Cc1csc(CCCCNC(=O)C2CCN(S(=O)(=O)c3ccc4c(c3)OCCO4)CC2)n1. The molecule has 1 aromatic heterocycles. The molecule has 0 saturated carbocycles. The molecule has 32 heavy (non-hydrogen) atoms. The van der Waals surface area contributed by atoms with Crippen molar-refractivity contribution in [2.24, 2.45) is 5.92 Å². The number of aromatic nitrogens is 1. The maximum atomic E-state index is 13.0. The van der Waals surface area contributed by atoms with E-state index in [9.17, 15) is 13.2 Å². The van der Waals surface area contributed by atoms with Crippen molar-refractivity contribution in [1.82, 2.24) is 14.6 Å². The van der Waals surface area contributed by atoms with E-state index in [2.05, 4.69) is 15.7 Å². The van der Waals surface area contributed by atoms with Gasteiger partial charge in [0.15, 0.2) is 11.5 Å². The number of rotatable bonds is 8. The number of carbonyl (C=O) groups is 1. The minimum Gasteiger partial charge on any atom is -0.486 e. The van der Waals surface area contributed by atoms with E-state index in [-0.39, 0.29) is 16.7 Å². The summed E-state index contributed by atoms with van der Waals surface area (Å²) in [5.74, 6) is 0.888. The monoisotopic (exact) mass is 479 g/mol. The zero-order valence-corrected chi connectivity index (χ0v) is 19.8. The van der Waals surface area contributed by atoms with Crippen LogP contribution in [0.25, 0.3) is 0 Å². The number of nitrogens with zero attached hydrogens (tertiary/aromatic N) is 2. The smallest absolute Gasteiger partial charge is 0.243 e. The molecule has 8 nitrogen and oxygen atoms in total. The maximum Gasteiger partial charge on any atom is 0.243 e. The van der Waals surface area contributed by atoms with E-state index in [1.807, 2.05) is 6.92 Å². The van der Waals surface area contributed by atoms with Crippen LogP contribution in [0.2, 0.25) is 0 Å². The van der Waals surface area contributed by atoms with Gasteiger partial charge < -0.3 is 14.8 Å². The normalized spacial score (nSPS) is 17.3. The van der Waals surface area contributed by atoms with Crippen LogP contribution in [0.5, 0.6) is 11.5 Å². The van der Waals surface area contributed by atoms with Crippen LogP contribution in [0.15, 0.2) is 28.5 Å². The molecule has 0 aliphatic carbocycles. The molecule has 10 heteroatoms. The van der Waals surface area contributed by atoms with Crippen molar-refractivity contribution in [1.29, 1.82) is 0 Å². The van der Waals surface area contributed by atoms with Gasteiger partial charge in [-0.2, -0.15) is 4.31 Å². The number of amides is 1. The number of sulfonamides is 1. The van der Waals surface area contributed by atoms with Crippen molar-refractivity contribution in [3.05, 3.63) is 34.3 Å². The van der Waals surface area contributed by atoms with E-state index in [0.29, 0.717) is 57.2 Å². The fraction of sp³-hybridized carbons (Fsp3) is 0.545. The molecule has 1 amide bonds. The number of hydrogen-bond acceptors (Lipinski definition) is 7. The lowest BCUT2D eigenvalue weighted by atomic mass is 9.97. The molecule has 0 bridgehead atoms. The minimum absolute atomic E-state index is 0.0199. The van der Waals surface area contributed by atoms with Crippen molar-refractivity contribution in [3.63, 3.8) is 0 Å². The first-order valence-electron chi connectivity index (χ1n) is 11.0. The predicted octanol–water partition coefficient (Wildman–Crippen LogP) is 2.76. The van der Waals surface area contributed by atoms with Crippen molar-refractivity contribution in [2.75, 3.05) is 32.8 Å². The largest absolute Gasteiger partial charge is 0.486 e. The fourth-order valence-electron chi connectivity index (χ4n) is 3.97. The average molecular weight is 480 g/mol. The third-order valence-corrected chi connectivity index (χ3v) is 8.68. The van der Waals surface area contributed by atoms with Gasteiger partial charge in [-0.05, 0) is 51.2 Å². The third kappa shape index (κ3) is 5.41. The van der Waals surface area contributed by atoms with E-state index < -0.39 is 10.0 Å². The summed E-state index contributed by atoms with van der Waals surface area (Å²) in [6.07, 6.45) is 3.87. The lowest BCUT2D eigenvalue weighted by Gasteiger charge is -2.30. The van der Waals surface area contributed by atoms with Gasteiger partial charge in [0, 0.05) is 42.7 Å². The molecule has 2 aliphatic rings. The Hall–Kier alpha value is -2.17. The first kappa shape index (κ1) is 23.0. The first-order chi connectivity index (χ1) is 15.4. The van der Waals surface area contributed by atoms with Crippen LogP contribution >= 0.6 is 11.3 Å². The van der Waals surface area contributed by atoms with Crippen LogP contribution in [0.4, 0.5) is 0 Å². The number of aryl methyl sites for hydroxylation is 2. The van der Waals surface area contributed by atoms with Crippen LogP contribution in [-0.2, 0) is 21.2 Å². The summed E-state index contributed by atoms with van der Waals surface area (Å²) in [4.78, 5) is 17.1. The molecule has 1 fully saturated rings. The Labute approximate surface area is 193 Å². The molecular weight excluding hydrogens is 450 g/mol. The van der Waals surface area contributed by atoms with Gasteiger partial charge in [-0.25, -0.2) is 13.4 Å². The Morgan fingerprint density at radius 1 is 1.19 bits per heavy atom. The van der Waals surface area contributed by atoms with Gasteiger partial charge in [0.05, 0.1) is 9.90 Å². The topological polar surface area (TPSA) is 97.8 Å². The highest BCUT2D eigenvalue weighted by molar-refractivity contribution is 7.89. The predicted molar refractivity (Wildman–Crippen MR) is 122 cm³/mol. The summed E-state index contributed by atoms with van der Waals surface area (Å²) in [6.45, 7) is 4.16. The quantitative estimate of drug-likeness (QED) is 0.585. The number of ether oxygens (including phenoxy) is 2. The fourth-order valence-corrected chi connectivity index (χ4v) is 6.27. The molecule has 0 spiro atoms. The van der Waals surface area contributed by atoms with E-state index in [1.54, 1.807) is 23.5 Å². The molecule has 0 atom stereocenters. The molecular formula is C22H29N3O5S2. The number of carbonyl (C=O) groups excluding carboxylic acids is 1. The highest BCUT2D eigenvalue weighted by Gasteiger charge is 2.32. The number of nitrogens with one attached hydrogen (secondary N) is 1. The average Bonchev–Trinajstić information content (AvgIpc) is 3.23. The summed E-state index contributed by atoms with van der Waals surface area (Å²) >= 11 is 1.68. The Balaban J connectivity index is 1.22. The Morgan fingerprint density at radius 3 is 2.66 bits per heavy atom. The first-order valence-corrected chi connectivity index (χ1v) is 13.3. The van der Waals surface area contributed by atoms with Gasteiger partial charge in [-0.3, -0.25) is 4.79 Å². The molecule has 1 aromatic carbocycles. The molecule has 0 unspecified atom stereocenters. The molecule has 2 aliphatic heterocycles. The molecule has 174 valence electrons. The zero-order chi connectivity index (χ0) is 22.6. The van der Waals surface area contributed by atoms with Crippen molar-refractivity contribution in [2.45, 2.75) is 43.9 Å². The van der Waals surface area contributed by atoms with Crippen molar-refractivity contribution >= 4 is 27.3 Å². The summed E-state index contributed by atoms with van der Waals surface area (Å²) in [5.41, 5.74) is 1.06. The van der Waals surface area contributed by atoms with Gasteiger partial charge in [-0.15, -0.1) is 11.3 Å². The second-order valence-corrected chi connectivity index (χ2v) is 11.0. The van der Waals surface area contributed by atoms with Crippen LogP contribution in [0.3, 0.4) is 0 Å². The number of fused-ring (bicyclic) bond motifs is 1. The van der Waals surface area contributed by atoms with Crippen LogP contribution in [0, 0.1) is 12.8 Å². The highest BCUT2D eigenvalue weighted by atomic mass is 32.2. The molecule has 3 heterocycles. The number of benzene rings is 1. The second kappa shape index (κ2) is 10.2. The summed E-state index contributed by atoms with van der Waals surface area (Å²) in [6, 6.07) is 4.71. The highest BCUT2D eigenvalue weighted by Crippen LogP contribution is 2.34. The van der Waals surface area contributed by atoms with E-state index in [1.165, 1.54) is 10.4 Å². The molecule has 2 aromatic rings. The third-order valence-electron chi connectivity index (χ3n) is 5.76. The van der Waals surface area contributed by atoms with E-state index in [0.717, 1.165) is 30.0 Å². The van der Waals surface area contributed by atoms with E-state index in [4.69, 9.17) is 9.47 Å². The Kier molecular flexibility index (Phi) is 7.32. The van der Waals surface area contributed by atoms with Crippen LogP contribution < -0.4 is 14.8 Å². The summed E-state index contributed by atoms with van der Waals surface area (Å²) in [7, 11) is -3.63. The number of piperidine rings is 1. The van der Waals surface area contributed by atoms with Gasteiger partial charge >= 0.3 is 0 Å². The lowest BCUT2D eigenvalue weighted by Crippen LogP contribution is -2.43. The lowest BCUT2D eigenvalue weighted by molar-refractivity contribution is -0.126. The van der Waals surface area contributed by atoms with Gasteiger partial charge in [-0.1, -0.05) is 0 Å². The second-order valence-electron chi connectivity index (χ2n) is 8.11. The molecule has 0 radical (unpaired) electrons.